The number of nitrogens with one attached hydrogen (secondary N) is 2. The third-order valence-electron chi connectivity index (χ3n) is 5.53. The number of carbonyl (C=O) groups is 2. The van der Waals surface area contributed by atoms with Crippen LogP contribution in [-0.4, -0.2) is 37.6 Å². The van der Waals surface area contributed by atoms with Crippen molar-refractivity contribution >= 4 is 11.8 Å². The molecule has 1 saturated carbocycles. The highest BCUT2D eigenvalue weighted by Crippen LogP contribution is 2.35. The first-order valence-corrected chi connectivity index (χ1v) is 9.05. The highest BCUT2D eigenvalue weighted by Gasteiger charge is 2.39. The van der Waals surface area contributed by atoms with E-state index in [4.69, 9.17) is 4.74 Å². The van der Waals surface area contributed by atoms with Crippen molar-refractivity contribution in [2.24, 2.45) is 11.8 Å². The first kappa shape index (κ1) is 18.8. The average Bonchev–Trinajstić information content (AvgIpc) is 2.61. The van der Waals surface area contributed by atoms with Crippen LogP contribution < -0.4 is 10.6 Å². The molecule has 1 heterocycles. The fourth-order valence-electron chi connectivity index (χ4n) is 4.05. The van der Waals surface area contributed by atoms with Crippen molar-refractivity contribution in [3.63, 3.8) is 0 Å². The van der Waals surface area contributed by atoms with E-state index in [0.717, 1.165) is 37.8 Å². The molecular weight excluding hydrogens is 342 g/mol. The summed E-state index contributed by atoms with van der Waals surface area (Å²) in [4.78, 5) is 24.3. The molecule has 142 valence electrons. The molecule has 0 aromatic heterocycles. The molecule has 1 saturated heterocycles. The fourth-order valence-corrected chi connectivity index (χ4v) is 4.05. The minimum atomic E-state index is -0.893. The summed E-state index contributed by atoms with van der Waals surface area (Å²) in [6.07, 6.45) is 4.25. The summed E-state index contributed by atoms with van der Waals surface area (Å²) in [5.41, 5.74) is -0.585. The van der Waals surface area contributed by atoms with Crippen LogP contribution >= 0.6 is 0 Å². The Morgan fingerprint density at radius 3 is 2.69 bits per heavy atom. The second-order valence-electron chi connectivity index (χ2n) is 7.12. The summed E-state index contributed by atoms with van der Waals surface area (Å²) in [5, 5.41) is 5.59. The second kappa shape index (κ2) is 8.12. The summed E-state index contributed by atoms with van der Waals surface area (Å²) < 4.78 is 32.6. The molecule has 2 aliphatic rings. The number of rotatable bonds is 5. The van der Waals surface area contributed by atoms with Gasteiger partial charge in [-0.3, -0.25) is 9.59 Å². The molecular formula is C19H24F2N2O3. The third-order valence-corrected chi connectivity index (χ3v) is 5.53. The van der Waals surface area contributed by atoms with Gasteiger partial charge in [0.1, 0.15) is 17.2 Å². The zero-order valence-electron chi connectivity index (χ0n) is 14.8. The number of halogens is 2. The maximum absolute atomic E-state index is 13.6. The largest absolute Gasteiger partial charge is 0.381 e. The minimum Gasteiger partial charge on any atom is -0.381 e. The second-order valence-corrected chi connectivity index (χ2v) is 7.12. The molecule has 4 atom stereocenters. The van der Waals surface area contributed by atoms with Crippen LogP contribution in [0.3, 0.4) is 0 Å². The SMILES string of the molecule is COC1CCC2CC(CCNC(=O)c3c(F)cccc3F)C(=O)NC2C1. The van der Waals surface area contributed by atoms with Crippen molar-refractivity contribution in [3.8, 4) is 0 Å². The first-order chi connectivity index (χ1) is 12.5. The van der Waals surface area contributed by atoms with Gasteiger partial charge in [-0.2, -0.15) is 0 Å². The number of piperidine rings is 1. The van der Waals surface area contributed by atoms with Gasteiger partial charge in [0.25, 0.3) is 5.91 Å². The molecule has 0 bridgehead atoms. The maximum atomic E-state index is 13.6. The standard InChI is InChI=1S/C19H24F2N2O3/c1-26-13-6-5-11-9-12(18(24)23-16(11)10-13)7-8-22-19(25)17-14(20)3-2-4-15(17)21/h2-4,11-13,16H,5-10H2,1H3,(H,22,25)(H,23,24). The van der Waals surface area contributed by atoms with Crippen LogP contribution in [0.15, 0.2) is 18.2 Å². The van der Waals surface area contributed by atoms with Crippen LogP contribution in [0.4, 0.5) is 8.78 Å². The molecule has 7 heteroatoms. The molecule has 26 heavy (non-hydrogen) atoms. The van der Waals surface area contributed by atoms with Gasteiger partial charge < -0.3 is 15.4 Å². The molecule has 2 amide bonds. The Morgan fingerprint density at radius 1 is 1.27 bits per heavy atom. The normalized spacial score (nSPS) is 28.2. The molecule has 5 nitrogen and oxygen atoms in total. The van der Waals surface area contributed by atoms with Crippen LogP contribution in [0.5, 0.6) is 0 Å². The molecule has 2 N–H and O–H groups in total. The van der Waals surface area contributed by atoms with Gasteiger partial charge >= 0.3 is 0 Å². The molecule has 3 rings (SSSR count). The number of carbonyl (C=O) groups excluding carboxylic acids is 2. The van der Waals surface area contributed by atoms with E-state index in [1.165, 1.54) is 6.07 Å². The predicted octanol–water partition coefficient (Wildman–Crippen LogP) is 2.40. The van der Waals surface area contributed by atoms with Gasteiger partial charge in [0.2, 0.25) is 5.91 Å². The zero-order valence-corrected chi connectivity index (χ0v) is 14.8. The van der Waals surface area contributed by atoms with Crippen LogP contribution in [0.1, 0.15) is 42.5 Å². The number of hydrogen-bond acceptors (Lipinski definition) is 3. The monoisotopic (exact) mass is 366 g/mol. The van der Waals surface area contributed by atoms with Gasteiger partial charge in [0.05, 0.1) is 6.10 Å². The summed E-state index contributed by atoms with van der Waals surface area (Å²) >= 11 is 0. The van der Waals surface area contributed by atoms with Crippen LogP contribution in [-0.2, 0) is 9.53 Å². The summed E-state index contributed by atoms with van der Waals surface area (Å²) in [7, 11) is 1.69. The Labute approximate surface area is 151 Å². The van der Waals surface area contributed by atoms with E-state index < -0.39 is 23.1 Å². The molecule has 0 spiro atoms. The molecule has 0 radical (unpaired) electrons. The number of amides is 2. The van der Waals surface area contributed by atoms with Crippen LogP contribution in [0, 0.1) is 23.5 Å². The van der Waals surface area contributed by atoms with E-state index in [-0.39, 0.29) is 30.5 Å². The minimum absolute atomic E-state index is 0.0191. The smallest absolute Gasteiger partial charge is 0.257 e. The average molecular weight is 366 g/mol. The summed E-state index contributed by atoms with van der Waals surface area (Å²) in [6, 6.07) is 3.45. The summed E-state index contributed by atoms with van der Waals surface area (Å²) in [6.45, 7) is 0.197. The Balaban J connectivity index is 1.51. The highest BCUT2D eigenvalue weighted by molar-refractivity contribution is 5.94. The van der Waals surface area contributed by atoms with Gasteiger partial charge in [-0.1, -0.05) is 6.07 Å². The molecule has 1 aromatic carbocycles. The van der Waals surface area contributed by atoms with E-state index in [1.54, 1.807) is 7.11 Å². The Kier molecular flexibility index (Phi) is 5.86. The van der Waals surface area contributed by atoms with E-state index >= 15 is 0 Å². The van der Waals surface area contributed by atoms with Crippen molar-refractivity contribution < 1.29 is 23.1 Å². The van der Waals surface area contributed by atoms with Crippen molar-refractivity contribution in [1.82, 2.24) is 10.6 Å². The molecule has 1 aromatic rings. The van der Waals surface area contributed by atoms with Crippen LogP contribution in [0.2, 0.25) is 0 Å². The van der Waals surface area contributed by atoms with Gasteiger partial charge in [-0.25, -0.2) is 8.78 Å². The van der Waals surface area contributed by atoms with Gasteiger partial charge in [-0.05, 0) is 50.2 Å². The van der Waals surface area contributed by atoms with Gasteiger partial charge in [0, 0.05) is 25.6 Å². The lowest BCUT2D eigenvalue weighted by atomic mass is 9.74. The number of ether oxygens (including phenoxy) is 1. The van der Waals surface area contributed by atoms with Crippen molar-refractivity contribution in [2.45, 2.75) is 44.2 Å². The lowest BCUT2D eigenvalue weighted by Crippen LogP contribution is -2.53. The Hall–Kier alpha value is -2.02. The third kappa shape index (κ3) is 4.03. The van der Waals surface area contributed by atoms with Gasteiger partial charge in [-0.15, -0.1) is 0 Å². The molecule has 1 aliphatic carbocycles. The predicted molar refractivity (Wildman–Crippen MR) is 91.5 cm³/mol. The van der Waals surface area contributed by atoms with E-state index in [0.29, 0.717) is 12.3 Å². The Morgan fingerprint density at radius 2 is 2.00 bits per heavy atom. The lowest BCUT2D eigenvalue weighted by Gasteiger charge is -2.41. The van der Waals surface area contributed by atoms with E-state index in [1.807, 2.05) is 0 Å². The van der Waals surface area contributed by atoms with Gasteiger partial charge in [0.15, 0.2) is 0 Å². The quantitative estimate of drug-likeness (QED) is 0.841. The molecule has 1 aliphatic heterocycles. The van der Waals surface area contributed by atoms with Crippen molar-refractivity contribution in [1.29, 1.82) is 0 Å². The fraction of sp³-hybridized carbons (Fsp3) is 0.579. The first-order valence-electron chi connectivity index (χ1n) is 9.05. The van der Waals surface area contributed by atoms with Crippen molar-refractivity contribution in [3.05, 3.63) is 35.4 Å². The number of fused-ring (bicyclic) bond motifs is 1. The Bertz CT molecular complexity index is 662. The highest BCUT2D eigenvalue weighted by atomic mass is 19.1. The molecule has 2 fully saturated rings. The maximum Gasteiger partial charge on any atom is 0.257 e. The number of methoxy groups -OCH3 is 1. The number of benzene rings is 1. The van der Waals surface area contributed by atoms with Crippen molar-refractivity contribution in [2.75, 3.05) is 13.7 Å². The summed E-state index contributed by atoms with van der Waals surface area (Å²) in [5.74, 6) is -2.37. The number of hydrogen-bond donors (Lipinski definition) is 2. The van der Waals surface area contributed by atoms with E-state index in [9.17, 15) is 18.4 Å². The van der Waals surface area contributed by atoms with Crippen LogP contribution in [0.25, 0.3) is 0 Å². The van der Waals surface area contributed by atoms with E-state index in [2.05, 4.69) is 10.6 Å². The topological polar surface area (TPSA) is 67.4 Å². The lowest BCUT2D eigenvalue weighted by molar-refractivity contribution is -0.131. The molecule has 4 unspecified atom stereocenters. The zero-order chi connectivity index (χ0) is 18.7.